The molecule has 0 aliphatic carbocycles. The van der Waals surface area contributed by atoms with Crippen LogP contribution in [0.4, 0.5) is 4.39 Å². The Hall–Kier alpha value is -1.77. The van der Waals surface area contributed by atoms with E-state index in [0.29, 0.717) is 18.8 Å². The number of sulfonamides is 1. The van der Waals surface area contributed by atoms with E-state index in [0.717, 1.165) is 9.87 Å². The number of imidazole rings is 1. The number of benzene rings is 1. The lowest BCUT2D eigenvalue weighted by Gasteiger charge is -2.18. The molecule has 0 aliphatic heterocycles. The molecule has 1 aromatic heterocycles. The second-order valence-corrected chi connectivity index (χ2v) is 8.82. The summed E-state index contributed by atoms with van der Waals surface area (Å²) >= 11 is 0. The molecule has 0 fully saturated rings. The first-order valence-electron chi connectivity index (χ1n) is 8.42. The lowest BCUT2D eigenvalue weighted by molar-refractivity contribution is 0.0870. The van der Waals surface area contributed by atoms with Crippen LogP contribution in [0.15, 0.2) is 35.5 Å². The molecule has 0 aliphatic rings. The average Bonchev–Trinajstić information content (AvgIpc) is 3.01. The van der Waals surface area contributed by atoms with E-state index in [1.165, 1.54) is 26.2 Å². The average molecular weight is 383 g/mol. The lowest BCUT2D eigenvalue weighted by atomic mass is 10.1. The molecule has 0 N–H and O–H groups in total. The van der Waals surface area contributed by atoms with Crippen LogP contribution in [-0.2, 0) is 27.7 Å². The predicted octanol–water partition coefficient (Wildman–Crippen LogP) is 2.65. The summed E-state index contributed by atoms with van der Waals surface area (Å²) < 4.78 is 46.4. The molecule has 1 unspecified atom stereocenters. The van der Waals surface area contributed by atoms with Crippen LogP contribution in [0.1, 0.15) is 31.2 Å². The highest BCUT2D eigenvalue weighted by atomic mass is 32.2. The van der Waals surface area contributed by atoms with E-state index in [4.69, 9.17) is 4.74 Å². The maximum absolute atomic E-state index is 13.1. The third-order valence-corrected chi connectivity index (χ3v) is 5.84. The van der Waals surface area contributed by atoms with Crippen molar-refractivity contribution in [1.82, 2.24) is 13.9 Å². The summed E-state index contributed by atoms with van der Waals surface area (Å²) in [5.41, 5.74) is 0.950. The van der Waals surface area contributed by atoms with Gasteiger partial charge in [0.1, 0.15) is 11.6 Å². The molecule has 1 aromatic carbocycles. The van der Waals surface area contributed by atoms with Crippen LogP contribution in [0.3, 0.4) is 0 Å². The number of halogens is 1. The highest BCUT2D eigenvalue weighted by Crippen LogP contribution is 2.20. The van der Waals surface area contributed by atoms with Gasteiger partial charge in [-0.2, -0.15) is 0 Å². The van der Waals surface area contributed by atoms with Gasteiger partial charge in [0.15, 0.2) is 5.03 Å². The molecule has 6 nitrogen and oxygen atoms in total. The summed E-state index contributed by atoms with van der Waals surface area (Å²) in [4.78, 5) is 4.34. The van der Waals surface area contributed by atoms with Crippen molar-refractivity contribution in [3.05, 3.63) is 47.7 Å². The van der Waals surface area contributed by atoms with Gasteiger partial charge >= 0.3 is 0 Å². The summed E-state index contributed by atoms with van der Waals surface area (Å²) in [5.74, 6) is 0.467. The number of hydrogen-bond donors (Lipinski definition) is 0. The van der Waals surface area contributed by atoms with Gasteiger partial charge in [0, 0.05) is 39.7 Å². The molecule has 0 bridgehead atoms. The SMILES string of the molecule is COC(Cc1ccc(F)cc1)Cn1cc(S(=O)(=O)N(C)C)nc1C(C)C. The Morgan fingerprint density at radius 2 is 1.85 bits per heavy atom. The van der Waals surface area contributed by atoms with E-state index in [9.17, 15) is 12.8 Å². The number of rotatable bonds is 8. The summed E-state index contributed by atoms with van der Waals surface area (Å²) in [7, 11) is 0.974. The largest absolute Gasteiger partial charge is 0.379 e. The van der Waals surface area contributed by atoms with Gasteiger partial charge in [-0.3, -0.25) is 0 Å². The normalized spacial score (nSPS) is 13.5. The van der Waals surface area contributed by atoms with Crippen LogP contribution in [0.2, 0.25) is 0 Å². The van der Waals surface area contributed by atoms with Gasteiger partial charge in [-0.05, 0) is 17.7 Å². The van der Waals surface area contributed by atoms with Crippen molar-refractivity contribution in [2.75, 3.05) is 21.2 Å². The maximum Gasteiger partial charge on any atom is 0.261 e. The molecule has 1 atom stereocenters. The second kappa shape index (κ2) is 8.28. The van der Waals surface area contributed by atoms with Crippen LogP contribution < -0.4 is 0 Å². The van der Waals surface area contributed by atoms with E-state index in [1.807, 2.05) is 18.4 Å². The van der Waals surface area contributed by atoms with E-state index in [2.05, 4.69) is 4.98 Å². The van der Waals surface area contributed by atoms with Crippen LogP contribution in [0, 0.1) is 5.82 Å². The molecule has 2 aromatic rings. The molecule has 2 rings (SSSR count). The Bertz CT molecular complexity index is 830. The molecule has 144 valence electrons. The van der Waals surface area contributed by atoms with Crippen LogP contribution in [-0.4, -0.2) is 49.6 Å². The first-order valence-corrected chi connectivity index (χ1v) is 9.86. The standard InChI is InChI=1S/C18H26FN3O3S/c1-13(2)18-20-17(26(23,24)21(3)4)12-22(18)11-16(25-5)10-14-6-8-15(19)9-7-14/h6-9,12-13,16H,10-11H2,1-5H3. The van der Waals surface area contributed by atoms with Crippen molar-refractivity contribution in [1.29, 1.82) is 0 Å². The third kappa shape index (κ3) is 4.69. The number of hydrogen-bond acceptors (Lipinski definition) is 4. The fourth-order valence-electron chi connectivity index (χ4n) is 2.65. The molecule has 26 heavy (non-hydrogen) atoms. The monoisotopic (exact) mass is 383 g/mol. The van der Waals surface area contributed by atoms with E-state index >= 15 is 0 Å². The Morgan fingerprint density at radius 3 is 2.35 bits per heavy atom. The first kappa shape index (κ1) is 20.5. The zero-order valence-corrected chi connectivity index (χ0v) is 16.6. The number of aromatic nitrogens is 2. The fraction of sp³-hybridized carbons (Fsp3) is 0.500. The van der Waals surface area contributed by atoms with E-state index in [1.54, 1.807) is 25.4 Å². The summed E-state index contributed by atoms with van der Waals surface area (Å²) in [6, 6.07) is 6.28. The minimum absolute atomic E-state index is 0.0304. The minimum Gasteiger partial charge on any atom is -0.379 e. The molecule has 0 spiro atoms. The van der Waals surface area contributed by atoms with Crippen LogP contribution in [0.25, 0.3) is 0 Å². The van der Waals surface area contributed by atoms with Crippen molar-refractivity contribution >= 4 is 10.0 Å². The predicted molar refractivity (Wildman–Crippen MR) is 98.1 cm³/mol. The Labute approximate surface area is 154 Å². The van der Waals surface area contributed by atoms with Gasteiger partial charge in [0.2, 0.25) is 0 Å². The molecular weight excluding hydrogens is 357 g/mol. The molecule has 1 heterocycles. The van der Waals surface area contributed by atoms with Crippen LogP contribution >= 0.6 is 0 Å². The fourth-order valence-corrected chi connectivity index (χ4v) is 3.49. The smallest absolute Gasteiger partial charge is 0.261 e. The van der Waals surface area contributed by atoms with Crippen molar-refractivity contribution in [3.8, 4) is 0 Å². The molecular formula is C18H26FN3O3S. The minimum atomic E-state index is -3.60. The Balaban J connectivity index is 2.28. The summed E-state index contributed by atoms with van der Waals surface area (Å²) in [6.07, 6.45) is 1.95. The van der Waals surface area contributed by atoms with Crippen molar-refractivity contribution in [3.63, 3.8) is 0 Å². The lowest BCUT2D eigenvalue weighted by Crippen LogP contribution is -2.23. The van der Waals surface area contributed by atoms with Crippen molar-refractivity contribution < 1.29 is 17.5 Å². The van der Waals surface area contributed by atoms with Crippen LogP contribution in [0.5, 0.6) is 0 Å². The van der Waals surface area contributed by atoms with Gasteiger partial charge in [0.05, 0.1) is 12.6 Å². The van der Waals surface area contributed by atoms with Crippen molar-refractivity contribution in [2.45, 2.75) is 43.9 Å². The maximum atomic E-state index is 13.1. The Morgan fingerprint density at radius 1 is 1.23 bits per heavy atom. The number of ether oxygens (including phenoxy) is 1. The topological polar surface area (TPSA) is 64.4 Å². The van der Waals surface area contributed by atoms with Gasteiger partial charge in [-0.25, -0.2) is 22.1 Å². The third-order valence-electron chi connectivity index (χ3n) is 4.16. The van der Waals surface area contributed by atoms with E-state index in [-0.39, 0.29) is 22.9 Å². The zero-order valence-electron chi connectivity index (χ0n) is 15.8. The number of methoxy groups -OCH3 is 1. The summed E-state index contributed by atoms with van der Waals surface area (Å²) in [5, 5.41) is 0.0304. The van der Waals surface area contributed by atoms with Gasteiger partial charge in [-0.15, -0.1) is 0 Å². The Kier molecular flexibility index (Phi) is 6.54. The first-order chi connectivity index (χ1) is 12.1. The van der Waals surface area contributed by atoms with Gasteiger partial charge in [-0.1, -0.05) is 26.0 Å². The van der Waals surface area contributed by atoms with Gasteiger partial charge < -0.3 is 9.30 Å². The number of nitrogens with zero attached hydrogens (tertiary/aromatic N) is 3. The highest BCUT2D eigenvalue weighted by Gasteiger charge is 2.25. The quantitative estimate of drug-likeness (QED) is 0.703. The van der Waals surface area contributed by atoms with Crippen molar-refractivity contribution in [2.24, 2.45) is 0 Å². The molecule has 0 amide bonds. The molecule has 0 saturated heterocycles. The zero-order chi connectivity index (χ0) is 19.5. The van der Waals surface area contributed by atoms with Gasteiger partial charge in [0.25, 0.3) is 10.0 Å². The van der Waals surface area contributed by atoms with E-state index < -0.39 is 10.0 Å². The highest BCUT2D eigenvalue weighted by molar-refractivity contribution is 7.89. The summed E-state index contributed by atoms with van der Waals surface area (Å²) in [6.45, 7) is 4.39. The molecule has 0 saturated carbocycles. The molecule has 0 radical (unpaired) electrons. The second-order valence-electron chi connectivity index (χ2n) is 6.72. The molecule has 8 heteroatoms.